The second-order valence-corrected chi connectivity index (χ2v) is 12.2. The van der Waals surface area contributed by atoms with Crippen molar-refractivity contribution in [3.8, 4) is 0 Å². The summed E-state index contributed by atoms with van der Waals surface area (Å²) in [5.41, 5.74) is 5.11. The molecular weight excluding hydrogens is 532 g/mol. The normalized spacial score (nSPS) is 12.9. The number of methoxy groups -OCH3 is 1. The number of amides is 3. The highest BCUT2D eigenvalue weighted by Crippen LogP contribution is 2.23. The number of nitrogens with two attached hydrogens (primary N) is 1. The number of nitrogens with one attached hydrogen (secondary N) is 5. The standard InChI is InChI=1S/C24H30N6O6S2/c1-36-23(33)30-24(9-10-38(2,34)35,12-16-11-15-5-3-4-6-18(15)29-16)22(32)28-14-20(31)27-13-17-7-8-19(37-17)21(25)26/h3-8,11,29H,9-10,12-14H2,1-2H3,(H3,25,26)(H,27,31)(H,28,32)(H,30,33). The zero-order valence-electron chi connectivity index (χ0n) is 20.9. The van der Waals surface area contributed by atoms with Crippen LogP contribution in [0, 0.1) is 5.41 Å². The van der Waals surface area contributed by atoms with Gasteiger partial charge in [-0.3, -0.25) is 15.0 Å². The molecule has 14 heteroatoms. The predicted octanol–water partition coefficient (Wildman–Crippen LogP) is 1.02. The molecule has 0 bridgehead atoms. The van der Waals surface area contributed by atoms with E-state index in [9.17, 15) is 22.8 Å². The molecule has 7 N–H and O–H groups in total. The van der Waals surface area contributed by atoms with Crippen LogP contribution in [0.25, 0.3) is 10.9 Å². The highest BCUT2D eigenvalue weighted by Gasteiger charge is 2.41. The minimum Gasteiger partial charge on any atom is -0.453 e. The molecule has 3 amide bonds. The van der Waals surface area contributed by atoms with Gasteiger partial charge >= 0.3 is 6.09 Å². The summed E-state index contributed by atoms with van der Waals surface area (Å²) in [4.78, 5) is 42.8. The number of nitrogen functional groups attached to an aromatic ring is 1. The molecular formula is C24H30N6O6S2. The number of H-pyrrole nitrogens is 1. The molecule has 1 unspecified atom stereocenters. The maximum Gasteiger partial charge on any atom is 0.407 e. The van der Waals surface area contributed by atoms with E-state index in [1.165, 1.54) is 11.3 Å². The molecule has 12 nitrogen and oxygen atoms in total. The number of benzene rings is 1. The highest BCUT2D eigenvalue weighted by molar-refractivity contribution is 7.90. The largest absolute Gasteiger partial charge is 0.453 e. The number of alkyl carbamates (subject to hydrolysis) is 1. The van der Waals surface area contributed by atoms with Crippen molar-refractivity contribution in [1.82, 2.24) is 20.9 Å². The van der Waals surface area contributed by atoms with Crippen LogP contribution in [0.1, 0.15) is 21.9 Å². The quantitative estimate of drug-likeness (QED) is 0.140. The molecule has 204 valence electrons. The molecule has 1 aromatic carbocycles. The van der Waals surface area contributed by atoms with Crippen molar-refractivity contribution in [2.45, 2.75) is 24.9 Å². The summed E-state index contributed by atoms with van der Waals surface area (Å²) < 4.78 is 28.7. The zero-order chi connectivity index (χ0) is 27.9. The Kier molecular flexibility index (Phi) is 9.12. The van der Waals surface area contributed by atoms with E-state index >= 15 is 0 Å². The van der Waals surface area contributed by atoms with E-state index in [2.05, 4.69) is 20.9 Å². The number of carbonyl (C=O) groups is 3. The average molecular weight is 563 g/mol. The van der Waals surface area contributed by atoms with Crippen LogP contribution in [0.5, 0.6) is 0 Å². The third-order valence-electron chi connectivity index (χ3n) is 5.74. The van der Waals surface area contributed by atoms with Gasteiger partial charge in [0.15, 0.2) is 0 Å². The summed E-state index contributed by atoms with van der Waals surface area (Å²) in [5.74, 6) is -1.71. The van der Waals surface area contributed by atoms with Crippen molar-refractivity contribution in [1.29, 1.82) is 5.41 Å². The number of para-hydroxylation sites is 1. The van der Waals surface area contributed by atoms with Gasteiger partial charge in [0.25, 0.3) is 0 Å². The maximum atomic E-state index is 13.5. The van der Waals surface area contributed by atoms with Gasteiger partial charge in [-0.1, -0.05) is 18.2 Å². The molecule has 0 spiro atoms. The van der Waals surface area contributed by atoms with Crippen LogP contribution in [0.2, 0.25) is 0 Å². The fraction of sp³-hybridized carbons (Fsp3) is 0.333. The lowest BCUT2D eigenvalue weighted by atomic mass is 9.89. The Morgan fingerprint density at radius 1 is 1.16 bits per heavy atom. The Bertz CT molecular complexity index is 1410. The number of ether oxygens (including phenoxy) is 1. The molecule has 2 aromatic heterocycles. The third kappa shape index (κ3) is 7.79. The number of sulfone groups is 1. The van der Waals surface area contributed by atoms with Crippen molar-refractivity contribution in [3.05, 3.63) is 57.9 Å². The fourth-order valence-corrected chi connectivity index (χ4v) is 5.33. The Morgan fingerprint density at radius 3 is 2.53 bits per heavy atom. The third-order valence-corrected chi connectivity index (χ3v) is 7.80. The summed E-state index contributed by atoms with van der Waals surface area (Å²) in [5, 5.41) is 16.0. The number of hydrogen-bond acceptors (Lipinski definition) is 8. The average Bonchev–Trinajstić information content (AvgIpc) is 3.50. The van der Waals surface area contributed by atoms with Crippen LogP contribution >= 0.6 is 11.3 Å². The lowest BCUT2D eigenvalue weighted by molar-refractivity contribution is -0.130. The van der Waals surface area contributed by atoms with E-state index in [-0.39, 0.29) is 25.2 Å². The number of fused-ring (bicyclic) bond motifs is 1. The number of hydrogen-bond donors (Lipinski definition) is 6. The molecule has 0 radical (unpaired) electrons. The van der Waals surface area contributed by atoms with Gasteiger partial charge in [0.05, 0.1) is 30.8 Å². The number of aromatic nitrogens is 1. The van der Waals surface area contributed by atoms with Gasteiger partial charge in [-0.05, 0) is 36.1 Å². The number of carbonyl (C=O) groups excluding carboxylic acids is 3. The monoisotopic (exact) mass is 562 g/mol. The van der Waals surface area contributed by atoms with Gasteiger partial charge in [0, 0.05) is 28.8 Å². The lowest BCUT2D eigenvalue weighted by Gasteiger charge is -2.32. The Balaban J connectivity index is 1.79. The number of thiophene rings is 1. The first kappa shape index (κ1) is 28.7. The molecule has 3 rings (SSSR count). The Labute approximate surface area is 223 Å². The van der Waals surface area contributed by atoms with Gasteiger partial charge in [-0.2, -0.15) is 0 Å². The van der Waals surface area contributed by atoms with Gasteiger partial charge in [-0.25, -0.2) is 13.2 Å². The summed E-state index contributed by atoms with van der Waals surface area (Å²) in [7, 11) is -2.38. The van der Waals surface area contributed by atoms with Crippen LogP contribution in [-0.4, -0.2) is 68.3 Å². The van der Waals surface area contributed by atoms with Crippen molar-refractivity contribution in [2.75, 3.05) is 25.7 Å². The molecule has 38 heavy (non-hydrogen) atoms. The molecule has 3 aromatic rings. The van der Waals surface area contributed by atoms with E-state index in [0.717, 1.165) is 29.1 Å². The molecule has 0 aliphatic heterocycles. The van der Waals surface area contributed by atoms with Gasteiger partial charge in [0.1, 0.15) is 21.2 Å². The number of aromatic amines is 1. The topological polar surface area (TPSA) is 196 Å². The van der Waals surface area contributed by atoms with Crippen molar-refractivity contribution in [3.63, 3.8) is 0 Å². The fourth-order valence-electron chi connectivity index (χ4n) is 3.80. The van der Waals surface area contributed by atoms with Crippen LogP contribution < -0.4 is 21.7 Å². The minimum absolute atomic E-state index is 0.0710. The van der Waals surface area contributed by atoms with E-state index in [0.29, 0.717) is 10.6 Å². The van der Waals surface area contributed by atoms with E-state index < -0.39 is 45.6 Å². The first-order valence-corrected chi connectivity index (χ1v) is 14.4. The van der Waals surface area contributed by atoms with Crippen molar-refractivity contribution < 1.29 is 27.5 Å². The van der Waals surface area contributed by atoms with Crippen LogP contribution in [0.15, 0.2) is 42.5 Å². The molecule has 0 saturated heterocycles. The van der Waals surface area contributed by atoms with E-state index in [1.54, 1.807) is 18.2 Å². The first-order chi connectivity index (χ1) is 17.9. The van der Waals surface area contributed by atoms with Gasteiger partial charge in [-0.15, -0.1) is 11.3 Å². The summed E-state index contributed by atoms with van der Waals surface area (Å²) in [6.45, 7) is -0.249. The van der Waals surface area contributed by atoms with Crippen molar-refractivity contribution >= 4 is 55.8 Å². The van der Waals surface area contributed by atoms with Gasteiger partial charge < -0.3 is 31.4 Å². The molecule has 0 aliphatic carbocycles. The number of rotatable bonds is 12. The molecule has 0 fully saturated rings. The summed E-state index contributed by atoms with van der Waals surface area (Å²) in [6.07, 6.45) is -0.227. The van der Waals surface area contributed by atoms with E-state index in [1.807, 2.05) is 24.3 Å². The second-order valence-electron chi connectivity index (χ2n) is 8.78. The predicted molar refractivity (Wildman–Crippen MR) is 145 cm³/mol. The zero-order valence-corrected chi connectivity index (χ0v) is 22.6. The lowest BCUT2D eigenvalue weighted by Crippen LogP contribution is -2.61. The van der Waals surface area contributed by atoms with Crippen molar-refractivity contribution in [2.24, 2.45) is 5.73 Å². The molecule has 1 atom stereocenters. The number of amidine groups is 1. The Morgan fingerprint density at radius 2 is 1.89 bits per heavy atom. The van der Waals surface area contributed by atoms with Crippen LogP contribution in [0.3, 0.4) is 0 Å². The van der Waals surface area contributed by atoms with E-state index in [4.69, 9.17) is 15.9 Å². The van der Waals surface area contributed by atoms with Gasteiger partial charge in [0.2, 0.25) is 11.8 Å². The summed E-state index contributed by atoms with van der Waals surface area (Å²) >= 11 is 1.26. The SMILES string of the molecule is COC(=O)NC(CCS(C)(=O)=O)(Cc1cc2ccccc2[nH]1)C(=O)NCC(=O)NCc1ccc(C(=N)N)s1. The van der Waals surface area contributed by atoms with Crippen LogP contribution in [0.4, 0.5) is 4.79 Å². The minimum atomic E-state index is -3.51. The first-order valence-electron chi connectivity index (χ1n) is 11.5. The van der Waals surface area contributed by atoms with Crippen LogP contribution in [-0.2, 0) is 37.1 Å². The second kappa shape index (κ2) is 12.1. The Hall–Kier alpha value is -3.91. The summed E-state index contributed by atoms with van der Waals surface area (Å²) in [6, 6.07) is 12.6. The molecule has 0 saturated carbocycles. The molecule has 0 aliphatic rings. The highest BCUT2D eigenvalue weighted by atomic mass is 32.2. The molecule has 2 heterocycles. The smallest absolute Gasteiger partial charge is 0.407 e. The maximum absolute atomic E-state index is 13.5.